The number of para-hydroxylation sites is 1. The monoisotopic (exact) mass is 276 g/mol. The summed E-state index contributed by atoms with van der Waals surface area (Å²) < 4.78 is 11.4. The Labute approximate surface area is 123 Å². The van der Waals surface area contributed by atoms with Crippen molar-refractivity contribution in [2.24, 2.45) is 5.92 Å². The number of methoxy groups -OCH3 is 1. The normalized spacial score (nSPS) is 12.8. The zero-order valence-corrected chi connectivity index (χ0v) is 13.5. The van der Waals surface area contributed by atoms with Crippen molar-refractivity contribution in [3.05, 3.63) is 42.0 Å². The van der Waals surface area contributed by atoms with Crippen molar-refractivity contribution in [3.8, 4) is 5.75 Å². The fourth-order valence-electron chi connectivity index (χ4n) is 2.35. The third-order valence-corrected chi connectivity index (χ3v) is 3.42. The lowest BCUT2D eigenvalue weighted by molar-refractivity contribution is 0.0557. The van der Waals surface area contributed by atoms with E-state index in [2.05, 4.69) is 33.8 Å². The minimum absolute atomic E-state index is 0.230. The van der Waals surface area contributed by atoms with Gasteiger partial charge in [0.15, 0.2) is 0 Å². The van der Waals surface area contributed by atoms with Crippen molar-refractivity contribution >= 4 is 0 Å². The summed E-state index contributed by atoms with van der Waals surface area (Å²) in [6.07, 6.45) is 4.43. The summed E-state index contributed by atoms with van der Waals surface area (Å²) in [6, 6.07) is 10.0. The van der Waals surface area contributed by atoms with Gasteiger partial charge in [0.25, 0.3) is 0 Å². The van der Waals surface area contributed by atoms with Crippen LogP contribution in [0.4, 0.5) is 0 Å². The SMILES string of the molecule is COCCCC(C=C(C)C)C(C)(C)Oc1ccccc1. The van der Waals surface area contributed by atoms with Gasteiger partial charge in [-0.15, -0.1) is 0 Å². The van der Waals surface area contributed by atoms with Gasteiger partial charge in [0.1, 0.15) is 11.4 Å². The number of benzene rings is 1. The van der Waals surface area contributed by atoms with Gasteiger partial charge in [-0.1, -0.05) is 29.8 Å². The summed E-state index contributed by atoms with van der Waals surface area (Å²) in [4.78, 5) is 0. The minimum atomic E-state index is -0.230. The van der Waals surface area contributed by atoms with Gasteiger partial charge in [-0.05, 0) is 52.7 Å². The van der Waals surface area contributed by atoms with Crippen LogP contribution in [0.5, 0.6) is 5.75 Å². The van der Waals surface area contributed by atoms with E-state index >= 15 is 0 Å². The molecule has 0 aliphatic rings. The molecule has 0 radical (unpaired) electrons. The Morgan fingerprint density at radius 2 is 1.85 bits per heavy atom. The van der Waals surface area contributed by atoms with Crippen molar-refractivity contribution in [3.63, 3.8) is 0 Å². The average Bonchev–Trinajstić information content (AvgIpc) is 2.38. The van der Waals surface area contributed by atoms with Gasteiger partial charge in [0.2, 0.25) is 0 Å². The van der Waals surface area contributed by atoms with Gasteiger partial charge in [-0.3, -0.25) is 0 Å². The molecule has 1 rings (SSSR count). The van der Waals surface area contributed by atoms with E-state index < -0.39 is 0 Å². The van der Waals surface area contributed by atoms with E-state index in [0.717, 1.165) is 25.2 Å². The van der Waals surface area contributed by atoms with Gasteiger partial charge in [-0.2, -0.15) is 0 Å². The summed E-state index contributed by atoms with van der Waals surface area (Å²) in [5.41, 5.74) is 1.10. The maximum Gasteiger partial charge on any atom is 0.120 e. The Hall–Kier alpha value is -1.28. The van der Waals surface area contributed by atoms with Crippen LogP contribution in [0.1, 0.15) is 40.5 Å². The molecule has 0 aliphatic carbocycles. The first-order valence-corrected chi connectivity index (χ1v) is 7.33. The fraction of sp³-hybridized carbons (Fsp3) is 0.556. The van der Waals surface area contributed by atoms with Gasteiger partial charge in [0, 0.05) is 19.6 Å². The third-order valence-electron chi connectivity index (χ3n) is 3.42. The lowest BCUT2D eigenvalue weighted by atomic mass is 9.85. The van der Waals surface area contributed by atoms with Crippen LogP contribution in [0.15, 0.2) is 42.0 Å². The van der Waals surface area contributed by atoms with E-state index in [0.29, 0.717) is 5.92 Å². The molecule has 0 amide bonds. The molecule has 1 aromatic rings. The lowest BCUT2D eigenvalue weighted by Gasteiger charge is -2.34. The van der Waals surface area contributed by atoms with Crippen molar-refractivity contribution in [1.29, 1.82) is 0 Å². The van der Waals surface area contributed by atoms with Crippen LogP contribution in [0.3, 0.4) is 0 Å². The highest BCUT2D eigenvalue weighted by atomic mass is 16.5. The van der Waals surface area contributed by atoms with Crippen molar-refractivity contribution in [1.82, 2.24) is 0 Å². The van der Waals surface area contributed by atoms with Crippen LogP contribution in [-0.4, -0.2) is 19.3 Å². The Balaban J connectivity index is 2.78. The van der Waals surface area contributed by atoms with Gasteiger partial charge >= 0.3 is 0 Å². The molecule has 0 saturated carbocycles. The number of ether oxygens (including phenoxy) is 2. The standard InChI is InChI=1S/C18H28O2/c1-15(2)14-16(10-9-13-19-5)18(3,4)20-17-11-7-6-8-12-17/h6-8,11-12,14,16H,9-10,13H2,1-5H3. The highest BCUT2D eigenvalue weighted by Crippen LogP contribution is 2.30. The first-order valence-electron chi connectivity index (χ1n) is 7.33. The zero-order chi connectivity index (χ0) is 15.0. The maximum absolute atomic E-state index is 6.21. The van der Waals surface area contributed by atoms with E-state index in [1.54, 1.807) is 7.11 Å². The lowest BCUT2D eigenvalue weighted by Crippen LogP contribution is -2.37. The van der Waals surface area contributed by atoms with Crippen LogP contribution in [0.25, 0.3) is 0 Å². The minimum Gasteiger partial charge on any atom is -0.487 e. The number of allylic oxidation sites excluding steroid dienone is 1. The van der Waals surface area contributed by atoms with Crippen molar-refractivity contribution in [2.45, 2.75) is 46.1 Å². The molecular weight excluding hydrogens is 248 g/mol. The molecule has 0 aliphatic heterocycles. The zero-order valence-electron chi connectivity index (χ0n) is 13.5. The predicted molar refractivity (Wildman–Crippen MR) is 85.2 cm³/mol. The molecule has 0 saturated heterocycles. The molecule has 0 N–H and O–H groups in total. The number of hydrogen-bond acceptors (Lipinski definition) is 2. The molecule has 0 aromatic heterocycles. The second-order valence-electron chi connectivity index (χ2n) is 6.00. The maximum atomic E-state index is 6.21. The first kappa shape index (κ1) is 16.8. The molecular formula is C18H28O2. The van der Waals surface area contributed by atoms with E-state index in [9.17, 15) is 0 Å². The Morgan fingerprint density at radius 3 is 2.40 bits per heavy atom. The molecule has 0 fully saturated rings. The molecule has 0 heterocycles. The van der Waals surface area contributed by atoms with E-state index in [4.69, 9.17) is 9.47 Å². The molecule has 20 heavy (non-hydrogen) atoms. The van der Waals surface area contributed by atoms with Crippen LogP contribution in [-0.2, 0) is 4.74 Å². The van der Waals surface area contributed by atoms with Crippen molar-refractivity contribution in [2.75, 3.05) is 13.7 Å². The number of hydrogen-bond donors (Lipinski definition) is 0. The first-order chi connectivity index (χ1) is 9.45. The predicted octanol–water partition coefficient (Wildman–Crippen LogP) is 4.85. The highest BCUT2D eigenvalue weighted by Gasteiger charge is 2.29. The van der Waals surface area contributed by atoms with Crippen LogP contribution >= 0.6 is 0 Å². The van der Waals surface area contributed by atoms with E-state index in [1.807, 2.05) is 30.3 Å². The summed E-state index contributed by atoms with van der Waals surface area (Å²) in [5, 5.41) is 0. The topological polar surface area (TPSA) is 18.5 Å². The highest BCUT2D eigenvalue weighted by molar-refractivity contribution is 5.22. The Morgan fingerprint density at radius 1 is 1.20 bits per heavy atom. The van der Waals surface area contributed by atoms with Gasteiger partial charge < -0.3 is 9.47 Å². The molecule has 1 aromatic carbocycles. The summed E-state index contributed by atoms with van der Waals surface area (Å²) in [6.45, 7) is 9.41. The smallest absolute Gasteiger partial charge is 0.120 e. The van der Waals surface area contributed by atoms with Crippen LogP contribution < -0.4 is 4.74 Å². The molecule has 2 heteroatoms. The molecule has 1 unspecified atom stereocenters. The van der Waals surface area contributed by atoms with E-state index in [-0.39, 0.29) is 5.60 Å². The summed E-state index contributed by atoms with van der Waals surface area (Å²) >= 11 is 0. The van der Waals surface area contributed by atoms with Crippen molar-refractivity contribution < 1.29 is 9.47 Å². The summed E-state index contributed by atoms with van der Waals surface area (Å²) in [5.74, 6) is 1.30. The second kappa shape index (κ2) is 8.11. The third kappa shape index (κ3) is 5.79. The molecule has 1 atom stereocenters. The summed E-state index contributed by atoms with van der Waals surface area (Å²) in [7, 11) is 1.75. The van der Waals surface area contributed by atoms with Crippen LogP contribution in [0, 0.1) is 5.92 Å². The van der Waals surface area contributed by atoms with Gasteiger partial charge in [-0.25, -0.2) is 0 Å². The Bertz CT molecular complexity index is 403. The molecule has 112 valence electrons. The Kier molecular flexibility index (Phi) is 6.80. The molecule has 0 spiro atoms. The molecule has 2 nitrogen and oxygen atoms in total. The van der Waals surface area contributed by atoms with E-state index in [1.165, 1.54) is 5.57 Å². The molecule has 0 bridgehead atoms. The number of rotatable bonds is 8. The largest absolute Gasteiger partial charge is 0.487 e. The average molecular weight is 276 g/mol. The van der Waals surface area contributed by atoms with Gasteiger partial charge in [0.05, 0.1) is 0 Å². The quantitative estimate of drug-likeness (QED) is 0.499. The van der Waals surface area contributed by atoms with Crippen LogP contribution in [0.2, 0.25) is 0 Å². The fourth-order valence-corrected chi connectivity index (χ4v) is 2.35. The second-order valence-corrected chi connectivity index (χ2v) is 6.00.